The molecule has 1 N–H and O–H groups in total. The van der Waals surface area contributed by atoms with Gasteiger partial charge in [-0.15, -0.1) is 0 Å². The van der Waals surface area contributed by atoms with E-state index < -0.39 is 12.1 Å². The maximum Gasteiger partial charge on any atom is 0.331 e. The van der Waals surface area contributed by atoms with Gasteiger partial charge in [-0.1, -0.05) is 54.6 Å². The van der Waals surface area contributed by atoms with Crippen molar-refractivity contribution in [3.8, 4) is 0 Å². The summed E-state index contributed by atoms with van der Waals surface area (Å²) in [5.74, 6) is -0.934. The molecular weight excluding hydrogens is 340 g/mol. The number of hydrogen-bond donors (Lipinski definition) is 1. The smallest absolute Gasteiger partial charge is 0.331 e. The number of carbonyl (C=O) groups excluding carboxylic acids is 2. The zero-order valence-electron chi connectivity index (χ0n) is 15.0. The molecule has 3 rings (SSSR count). The predicted octanol–water partition coefficient (Wildman–Crippen LogP) is 3.50. The Morgan fingerprint density at radius 1 is 1.04 bits per heavy atom. The molecule has 1 atom stereocenters. The third-order valence-corrected chi connectivity index (χ3v) is 3.98. The summed E-state index contributed by atoms with van der Waals surface area (Å²) in [4.78, 5) is 28.5. The van der Waals surface area contributed by atoms with E-state index in [0.29, 0.717) is 12.2 Å². The first kappa shape index (κ1) is 18.3. The molecule has 27 heavy (non-hydrogen) atoms. The first-order valence-electron chi connectivity index (χ1n) is 8.68. The number of nitrogens with zero attached hydrogens (tertiary/aromatic N) is 1. The maximum absolute atomic E-state index is 12.0. The van der Waals surface area contributed by atoms with Gasteiger partial charge in [-0.2, -0.15) is 0 Å². The first-order valence-corrected chi connectivity index (χ1v) is 8.68. The summed E-state index contributed by atoms with van der Waals surface area (Å²) in [5.41, 5.74) is 2.47. The Balaban J connectivity index is 1.52. The van der Waals surface area contributed by atoms with Gasteiger partial charge in [-0.3, -0.25) is 4.79 Å². The van der Waals surface area contributed by atoms with Crippen LogP contribution in [0.3, 0.4) is 0 Å². The quantitative estimate of drug-likeness (QED) is 0.540. The maximum atomic E-state index is 12.0. The van der Waals surface area contributed by atoms with Crippen molar-refractivity contribution in [1.29, 1.82) is 0 Å². The molecule has 1 unspecified atom stereocenters. The second-order valence-electron chi connectivity index (χ2n) is 6.04. The fraction of sp³-hybridized carbons (Fsp3) is 0.136. The molecule has 0 saturated carbocycles. The fourth-order valence-corrected chi connectivity index (χ4v) is 2.52. The minimum atomic E-state index is -0.879. The highest BCUT2D eigenvalue weighted by atomic mass is 16.5. The van der Waals surface area contributed by atoms with Crippen molar-refractivity contribution < 1.29 is 14.3 Å². The van der Waals surface area contributed by atoms with Crippen LogP contribution >= 0.6 is 0 Å². The molecule has 0 aliphatic carbocycles. The van der Waals surface area contributed by atoms with E-state index in [2.05, 4.69) is 10.3 Å². The molecule has 0 bridgehead atoms. The number of nitrogens with one attached hydrogen (secondary N) is 1. The highest BCUT2D eigenvalue weighted by Crippen LogP contribution is 2.12. The fourth-order valence-electron chi connectivity index (χ4n) is 2.52. The lowest BCUT2D eigenvalue weighted by atomic mass is 10.2. The Bertz CT molecular complexity index is 967. The van der Waals surface area contributed by atoms with Crippen molar-refractivity contribution in [1.82, 2.24) is 10.3 Å². The van der Waals surface area contributed by atoms with Crippen molar-refractivity contribution in [2.24, 2.45) is 0 Å². The van der Waals surface area contributed by atoms with Crippen LogP contribution in [0.2, 0.25) is 0 Å². The second-order valence-corrected chi connectivity index (χ2v) is 6.04. The van der Waals surface area contributed by atoms with Gasteiger partial charge in [0.1, 0.15) is 0 Å². The van der Waals surface area contributed by atoms with Crippen molar-refractivity contribution in [3.63, 3.8) is 0 Å². The van der Waals surface area contributed by atoms with E-state index in [-0.39, 0.29) is 5.91 Å². The Morgan fingerprint density at radius 2 is 1.78 bits per heavy atom. The largest absolute Gasteiger partial charge is 0.449 e. The number of carbonyl (C=O) groups is 2. The summed E-state index contributed by atoms with van der Waals surface area (Å²) >= 11 is 0. The van der Waals surface area contributed by atoms with Crippen LogP contribution in [0.5, 0.6) is 0 Å². The van der Waals surface area contributed by atoms with E-state index in [4.69, 9.17) is 4.74 Å². The van der Waals surface area contributed by atoms with E-state index >= 15 is 0 Å². The predicted molar refractivity (Wildman–Crippen MR) is 105 cm³/mol. The number of hydrogen-bond acceptors (Lipinski definition) is 4. The lowest BCUT2D eigenvalue weighted by Crippen LogP contribution is -2.35. The number of fused-ring (bicyclic) bond motifs is 1. The van der Waals surface area contributed by atoms with Crippen LogP contribution in [-0.4, -0.2) is 23.0 Å². The molecule has 0 spiro atoms. The van der Waals surface area contributed by atoms with Crippen molar-refractivity contribution in [2.45, 2.75) is 19.6 Å². The Morgan fingerprint density at radius 3 is 2.59 bits per heavy atom. The summed E-state index contributed by atoms with van der Waals surface area (Å²) in [6.07, 6.45) is 1.97. The molecule has 5 heteroatoms. The number of amides is 1. The second kappa shape index (κ2) is 8.76. The average Bonchev–Trinajstić information content (AvgIpc) is 2.71. The number of ether oxygens (including phenoxy) is 1. The van der Waals surface area contributed by atoms with E-state index in [1.807, 2.05) is 66.7 Å². The molecular formula is C22H20N2O3. The van der Waals surface area contributed by atoms with E-state index in [1.165, 1.54) is 6.08 Å². The number of para-hydroxylation sites is 1. The van der Waals surface area contributed by atoms with Gasteiger partial charge < -0.3 is 10.1 Å². The normalized spacial score (nSPS) is 12.0. The first-order chi connectivity index (χ1) is 13.1. The van der Waals surface area contributed by atoms with Crippen molar-refractivity contribution in [3.05, 3.63) is 84.1 Å². The molecule has 0 aliphatic rings. The van der Waals surface area contributed by atoms with Crippen LogP contribution in [0, 0.1) is 0 Å². The van der Waals surface area contributed by atoms with Gasteiger partial charge in [-0.25, -0.2) is 9.78 Å². The van der Waals surface area contributed by atoms with Crippen LogP contribution in [0.1, 0.15) is 18.2 Å². The number of esters is 1. The summed E-state index contributed by atoms with van der Waals surface area (Å²) in [7, 11) is 0. The van der Waals surface area contributed by atoms with Crippen LogP contribution in [-0.2, 0) is 20.9 Å². The molecule has 0 saturated heterocycles. The standard InChI is InChI=1S/C22H20N2O3/c1-16(22(26)23-15-17-7-3-2-4-8-17)27-21(25)14-13-19-12-11-18-9-5-6-10-20(18)24-19/h2-14,16H,15H2,1H3,(H,23,26). The average molecular weight is 360 g/mol. The molecule has 1 aromatic heterocycles. The molecule has 0 fully saturated rings. The molecule has 1 amide bonds. The van der Waals surface area contributed by atoms with E-state index in [1.54, 1.807) is 13.0 Å². The highest BCUT2D eigenvalue weighted by molar-refractivity contribution is 5.90. The number of benzene rings is 2. The summed E-state index contributed by atoms with van der Waals surface area (Å²) in [6.45, 7) is 1.93. The number of pyridine rings is 1. The lowest BCUT2D eigenvalue weighted by Gasteiger charge is -2.12. The summed E-state index contributed by atoms with van der Waals surface area (Å²) in [5, 5.41) is 3.77. The van der Waals surface area contributed by atoms with Crippen molar-refractivity contribution in [2.75, 3.05) is 0 Å². The molecule has 136 valence electrons. The highest BCUT2D eigenvalue weighted by Gasteiger charge is 2.16. The van der Waals surface area contributed by atoms with Crippen molar-refractivity contribution >= 4 is 28.9 Å². The number of rotatable bonds is 6. The minimum absolute atomic E-state index is 0.343. The summed E-state index contributed by atoms with van der Waals surface area (Å²) < 4.78 is 5.14. The lowest BCUT2D eigenvalue weighted by molar-refractivity contribution is -0.150. The van der Waals surface area contributed by atoms with Crippen LogP contribution < -0.4 is 5.32 Å². The van der Waals surface area contributed by atoms with Gasteiger partial charge >= 0.3 is 5.97 Å². The van der Waals surface area contributed by atoms with E-state index in [9.17, 15) is 9.59 Å². The molecule has 5 nitrogen and oxygen atoms in total. The van der Waals surface area contributed by atoms with Gasteiger partial charge in [0.05, 0.1) is 11.2 Å². The van der Waals surface area contributed by atoms with E-state index in [0.717, 1.165) is 16.5 Å². The third kappa shape index (κ3) is 5.25. The Kier molecular flexibility index (Phi) is 5.94. The van der Waals surface area contributed by atoms with Gasteiger partial charge in [0.25, 0.3) is 5.91 Å². The SMILES string of the molecule is CC(OC(=O)C=Cc1ccc2ccccc2n1)C(=O)NCc1ccccc1. The summed E-state index contributed by atoms with van der Waals surface area (Å²) in [6, 6.07) is 21.0. The van der Waals surface area contributed by atoms with Gasteiger partial charge in [0, 0.05) is 18.0 Å². The van der Waals surface area contributed by atoms with Crippen LogP contribution in [0.4, 0.5) is 0 Å². The zero-order valence-corrected chi connectivity index (χ0v) is 15.0. The van der Waals surface area contributed by atoms with Crippen LogP contribution in [0.25, 0.3) is 17.0 Å². The minimum Gasteiger partial charge on any atom is -0.449 e. The Hall–Kier alpha value is -3.47. The molecule has 0 radical (unpaired) electrons. The van der Waals surface area contributed by atoms with Gasteiger partial charge in [0.2, 0.25) is 0 Å². The molecule has 1 heterocycles. The zero-order chi connectivity index (χ0) is 19.1. The van der Waals surface area contributed by atoms with Crippen LogP contribution in [0.15, 0.2) is 72.8 Å². The molecule has 0 aliphatic heterocycles. The van der Waals surface area contributed by atoms with Gasteiger partial charge in [-0.05, 0) is 30.7 Å². The van der Waals surface area contributed by atoms with Gasteiger partial charge in [0.15, 0.2) is 6.10 Å². The topological polar surface area (TPSA) is 68.3 Å². The number of aromatic nitrogens is 1. The molecule has 3 aromatic rings. The third-order valence-electron chi connectivity index (χ3n) is 3.98. The Labute approximate surface area is 157 Å². The monoisotopic (exact) mass is 360 g/mol. The molecule has 2 aromatic carbocycles.